The summed E-state index contributed by atoms with van der Waals surface area (Å²) >= 11 is 0. The number of nitrogens with one attached hydrogen (secondary N) is 1. The fraction of sp³-hybridized carbons (Fsp3) is 0.370. The molecule has 4 rings (SSSR count). The Hall–Kier alpha value is -3.79. The standard InChI is InChI=1S/C27H28N2O5/c1-2-8-24(26(32)29-15-18(16-29)9-7-14-25(30)31)28-27(33)34-17-23-21-12-5-3-10-19(21)20-11-4-6-13-22(20)23/h1,3-6,10-13,18,23-24H,7-9,14-17H2,(H,28,33)(H,30,31). The Morgan fingerprint density at radius 2 is 1.71 bits per heavy atom. The van der Waals surface area contributed by atoms with Crippen LogP contribution in [0.25, 0.3) is 11.1 Å². The van der Waals surface area contributed by atoms with Crippen LogP contribution in [-0.2, 0) is 14.3 Å². The third-order valence-corrected chi connectivity index (χ3v) is 6.53. The number of aliphatic carboxylic acids is 1. The van der Waals surface area contributed by atoms with Crippen molar-refractivity contribution in [2.24, 2.45) is 5.92 Å². The third-order valence-electron chi connectivity index (χ3n) is 6.53. The molecule has 2 N–H and O–H groups in total. The predicted molar refractivity (Wildman–Crippen MR) is 127 cm³/mol. The molecule has 0 bridgehead atoms. The lowest BCUT2D eigenvalue weighted by molar-refractivity contribution is -0.141. The van der Waals surface area contributed by atoms with E-state index in [0.29, 0.717) is 19.5 Å². The number of carboxylic acids is 1. The maximum atomic E-state index is 12.8. The molecule has 1 heterocycles. The minimum atomic E-state index is -0.847. The number of hydrogen-bond acceptors (Lipinski definition) is 4. The van der Waals surface area contributed by atoms with Crippen molar-refractivity contribution in [3.05, 3.63) is 59.7 Å². The van der Waals surface area contributed by atoms with Gasteiger partial charge in [-0.05, 0) is 41.0 Å². The van der Waals surface area contributed by atoms with Gasteiger partial charge in [-0.3, -0.25) is 9.59 Å². The van der Waals surface area contributed by atoms with Crippen molar-refractivity contribution >= 4 is 18.0 Å². The molecule has 176 valence electrons. The van der Waals surface area contributed by atoms with Gasteiger partial charge in [0.05, 0.1) is 0 Å². The van der Waals surface area contributed by atoms with E-state index < -0.39 is 18.1 Å². The van der Waals surface area contributed by atoms with Gasteiger partial charge in [0.15, 0.2) is 0 Å². The molecule has 0 saturated carbocycles. The molecule has 2 aromatic rings. The summed E-state index contributed by atoms with van der Waals surface area (Å²) < 4.78 is 5.55. The lowest BCUT2D eigenvalue weighted by Crippen LogP contribution is -2.57. The first-order valence-electron chi connectivity index (χ1n) is 11.5. The Kier molecular flexibility index (Phi) is 7.17. The highest BCUT2D eigenvalue weighted by Gasteiger charge is 2.35. The normalized spacial score (nSPS) is 15.4. The molecule has 34 heavy (non-hydrogen) atoms. The number of carboxylic acid groups (broad SMARTS) is 1. The average molecular weight is 461 g/mol. The van der Waals surface area contributed by atoms with E-state index in [1.165, 1.54) is 0 Å². The van der Waals surface area contributed by atoms with Gasteiger partial charge in [0, 0.05) is 31.8 Å². The first-order valence-corrected chi connectivity index (χ1v) is 11.5. The number of likely N-dealkylation sites (tertiary alicyclic amines) is 1. The molecule has 7 nitrogen and oxygen atoms in total. The quantitative estimate of drug-likeness (QED) is 0.557. The number of carbonyl (C=O) groups is 3. The SMILES string of the molecule is C#CCC(NC(=O)OCC1c2ccccc2-c2ccccc21)C(=O)N1CC(CCCC(=O)O)C1. The van der Waals surface area contributed by atoms with E-state index in [-0.39, 0.29) is 37.2 Å². The van der Waals surface area contributed by atoms with Crippen molar-refractivity contribution in [2.45, 2.75) is 37.6 Å². The van der Waals surface area contributed by atoms with Gasteiger partial charge < -0.3 is 20.1 Å². The fourth-order valence-corrected chi connectivity index (χ4v) is 4.80. The molecule has 1 saturated heterocycles. The van der Waals surface area contributed by atoms with Crippen LogP contribution in [0.5, 0.6) is 0 Å². The van der Waals surface area contributed by atoms with Crippen molar-refractivity contribution in [3.8, 4) is 23.5 Å². The highest BCUT2D eigenvalue weighted by molar-refractivity contribution is 5.86. The summed E-state index contributed by atoms with van der Waals surface area (Å²) in [5, 5.41) is 11.4. The molecule has 1 unspecified atom stereocenters. The highest BCUT2D eigenvalue weighted by Crippen LogP contribution is 2.44. The Labute approximate surface area is 199 Å². The summed E-state index contributed by atoms with van der Waals surface area (Å²) in [5.74, 6) is 1.62. The summed E-state index contributed by atoms with van der Waals surface area (Å²) in [7, 11) is 0. The molecule has 1 aliphatic carbocycles. The van der Waals surface area contributed by atoms with E-state index in [4.69, 9.17) is 16.3 Å². The van der Waals surface area contributed by atoms with Crippen LogP contribution in [0.4, 0.5) is 4.79 Å². The molecule has 1 atom stereocenters. The number of carbonyl (C=O) groups excluding carboxylic acids is 2. The zero-order valence-corrected chi connectivity index (χ0v) is 18.9. The number of fused-ring (bicyclic) bond motifs is 3. The van der Waals surface area contributed by atoms with Gasteiger partial charge >= 0.3 is 12.1 Å². The van der Waals surface area contributed by atoms with Crippen LogP contribution in [0.3, 0.4) is 0 Å². The number of benzene rings is 2. The lowest BCUT2D eigenvalue weighted by atomic mass is 9.93. The van der Waals surface area contributed by atoms with Gasteiger partial charge in [-0.25, -0.2) is 4.79 Å². The number of ether oxygens (including phenoxy) is 1. The topological polar surface area (TPSA) is 95.9 Å². The molecule has 0 aromatic heterocycles. The van der Waals surface area contributed by atoms with Crippen LogP contribution in [0.15, 0.2) is 48.5 Å². The van der Waals surface area contributed by atoms with E-state index >= 15 is 0 Å². The van der Waals surface area contributed by atoms with Crippen molar-refractivity contribution < 1.29 is 24.2 Å². The number of terminal acetylenes is 1. The molecule has 1 fully saturated rings. The number of alkyl carbamates (subject to hydrolysis) is 1. The minimum absolute atomic E-state index is 0.0677. The van der Waals surface area contributed by atoms with Gasteiger partial charge in [-0.2, -0.15) is 0 Å². The largest absolute Gasteiger partial charge is 0.481 e. The second-order valence-corrected chi connectivity index (χ2v) is 8.83. The van der Waals surface area contributed by atoms with Crippen molar-refractivity contribution in [1.82, 2.24) is 10.2 Å². The zero-order valence-electron chi connectivity index (χ0n) is 18.9. The summed E-state index contributed by atoms with van der Waals surface area (Å²) in [6.07, 6.45) is 6.32. The van der Waals surface area contributed by atoms with Crippen molar-refractivity contribution in [3.63, 3.8) is 0 Å². The average Bonchev–Trinajstić information content (AvgIpc) is 3.12. The maximum absolute atomic E-state index is 12.8. The number of hydrogen-bond donors (Lipinski definition) is 2. The molecule has 0 spiro atoms. The highest BCUT2D eigenvalue weighted by atomic mass is 16.5. The van der Waals surface area contributed by atoms with E-state index in [1.54, 1.807) is 4.90 Å². The number of amides is 2. The third kappa shape index (κ3) is 5.07. The van der Waals surface area contributed by atoms with Gasteiger partial charge in [-0.1, -0.05) is 48.5 Å². The van der Waals surface area contributed by atoms with Gasteiger partial charge in [-0.15, -0.1) is 12.3 Å². The van der Waals surface area contributed by atoms with Crippen molar-refractivity contribution in [2.75, 3.05) is 19.7 Å². The van der Waals surface area contributed by atoms with Crippen LogP contribution in [0.2, 0.25) is 0 Å². The predicted octanol–water partition coefficient (Wildman–Crippen LogP) is 3.63. The van der Waals surface area contributed by atoms with E-state index in [2.05, 4.69) is 23.4 Å². The summed E-state index contributed by atoms with van der Waals surface area (Å²) in [5.41, 5.74) is 4.51. The Bertz CT molecular complexity index is 1070. The monoisotopic (exact) mass is 460 g/mol. The smallest absolute Gasteiger partial charge is 0.407 e. The second-order valence-electron chi connectivity index (χ2n) is 8.83. The Balaban J connectivity index is 1.31. The summed E-state index contributed by atoms with van der Waals surface area (Å²) in [4.78, 5) is 37.7. The second kappa shape index (κ2) is 10.4. The molecule has 2 aliphatic rings. The van der Waals surface area contributed by atoms with Gasteiger partial charge in [0.25, 0.3) is 0 Å². The van der Waals surface area contributed by atoms with E-state index in [1.807, 2.05) is 36.4 Å². The van der Waals surface area contributed by atoms with Crippen LogP contribution < -0.4 is 5.32 Å². The zero-order chi connectivity index (χ0) is 24.1. The van der Waals surface area contributed by atoms with Crippen LogP contribution in [0, 0.1) is 18.3 Å². The Morgan fingerprint density at radius 1 is 1.09 bits per heavy atom. The molecule has 0 radical (unpaired) electrons. The van der Waals surface area contributed by atoms with Crippen LogP contribution >= 0.6 is 0 Å². The Morgan fingerprint density at radius 3 is 2.29 bits per heavy atom. The van der Waals surface area contributed by atoms with Crippen molar-refractivity contribution in [1.29, 1.82) is 0 Å². The minimum Gasteiger partial charge on any atom is -0.481 e. The number of nitrogens with zero attached hydrogens (tertiary/aromatic N) is 1. The summed E-state index contributed by atoms with van der Waals surface area (Å²) in [6.45, 7) is 1.25. The van der Waals surface area contributed by atoms with Gasteiger partial charge in [0.2, 0.25) is 5.91 Å². The van der Waals surface area contributed by atoms with E-state index in [9.17, 15) is 14.4 Å². The summed E-state index contributed by atoms with van der Waals surface area (Å²) in [6, 6.07) is 15.3. The first-order chi connectivity index (χ1) is 16.5. The fourth-order valence-electron chi connectivity index (χ4n) is 4.80. The molecular formula is C27H28N2O5. The van der Waals surface area contributed by atoms with Crippen LogP contribution in [0.1, 0.15) is 42.7 Å². The molecular weight excluding hydrogens is 432 g/mol. The molecule has 2 aromatic carbocycles. The lowest BCUT2D eigenvalue weighted by Gasteiger charge is -2.41. The van der Waals surface area contributed by atoms with E-state index in [0.717, 1.165) is 28.7 Å². The van der Waals surface area contributed by atoms with Gasteiger partial charge in [0.1, 0.15) is 12.6 Å². The number of rotatable bonds is 9. The molecule has 2 amide bonds. The maximum Gasteiger partial charge on any atom is 0.407 e. The molecule has 7 heteroatoms. The molecule has 1 aliphatic heterocycles. The van der Waals surface area contributed by atoms with Crippen LogP contribution in [-0.4, -0.2) is 53.7 Å². The first kappa shape index (κ1) is 23.4.